The Morgan fingerprint density at radius 3 is 2.60 bits per heavy atom. The first-order valence-corrected chi connectivity index (χ1v) is 10.6. The van der Waals surface area contributed by atoms with E-state index in [9.17, 15) is 4.79 Å². The second-order valence-electron chi connectivity index (χ2n) is 9.22. The highest BCUT2D eigenvalue weighted by atomic mass is 16.7. The number of fused-ring (bicyclic) bond motifs is 1. The maximum atomic E-state index is 12.9. The van der Waals surface area contributed by atoms with E-state index in [0.29, 0.717) is 5.69 Å². The highest BCUT2D eigenvalue weighted by molar-refractivity contribution is 6.62. The fourth-order valence-electron chi connectivity index (χ4n) is 4.09. The van der Waals surface area contributed by atoms with Crippen molar-refractivity contribution in [3.05, 3.63) is 41.2 Å². The van der Waals surface area contributed by atoms with Crippen molar-refractivity contribution < 1.29 is 14.1 Å². The third-order valence-electron chi connectivity index (χ3n) is 6.74. The van der Waals surface area contributed by atoms with Crippen molar-refractivity contribution in [1.29, 1.82) is 0 Å². The maximum Gasteiger partial charge on any atom is 0.495 e. The molecule has 1 fully saturated rings. The largest absolute Gasteiger partial charge is 0.495 e. The number of aromatic nitrogens is 2. The minimum atomic E-state index is -0.469. The molecular weight excluding hydrogens is 379 g/mol. The van der Waals surface area contributed by atoms with Crippen molar-refractivity contribution in [1.82, 2.24) is 15.1 Å². The summed E-state index contributed by atoms with van der Waals surface area (Å²) in [5.41, 5.74) is 3.27. The van der Waals surface area contributed by atoms with Crippen molar-refractivity contribution >= 4 is 24.2 Å². The van der Waals surface area contributed by atoms with E-state index >= 15 is 0 Å². The molecule has 4 rings (SSSR count). The average molecular weight is 410 g/mol. The number of carbonyl (C=O) groups is 1. The topological polar surface area (TPSA) is 77.4 Å². The number of hydrogen-bond donors (Lipinski definition) is 2. The van der Waals surface area contributed by atoms with Gasteiger partial charge in [0, 0.05) is 18.3 Å². The lowest BCUT2D eigenvalue weighted by molar-refractivity contribution is 0.00578. The molecule has 30 heavy (non-hydrogen) atoms. The number of nitrogens with zero attached hydrogens (tertiary/aromatic N) is 2. The maximum absolute atomic E-state index is 12.9. The molecule has 8 heteroatoms. The zero-order chi connectivity index (χ0) is 21.7. The van der Waals surface area contributed by atoms with Crippen molar-refractivity contribution in [2.75, 3.05) is 12.4 Å². The molecule has 1 aromatic carbocycles. The monoisotopic (exact) mass is 410 g/mol. The molecule has 7 nitrogen and oxygen atoms in total. The predicted octanol–water partition coefficient (Wildman–Crippen LogP) is 2.80. The van der Waals surface area contributed by atoms with E-state index < -0.39 is 18.3 Å². The van der Waals surface area contributed by atoms with Gasteiger partial charge in [0.25, 0.3) is 5.91 Å². The molecule has 1 atom stereocenters. The number of hydrogen-bond acceptors (Lipinski definition) is 5. The zero-order valence-corrected chi connectivity index (χ0v) is 18.7. The summed E-state index contributed by atoms with van der Waals surface area (Å²) in [5.74, 6) is -0.207. The normalized spacial score (nSPS) is 22.1. The molecule has 0 aliphatic carbocycles. The molecule has 2 aliphatic heterocycles. The van der Waals surface area contributed by atoms with Gasteiger partial charge in [0.05, 0.1) is 16.9 Å². The third kappa shape index (κ3) is 3.57. The van der Waals surface area contributed by atoms with Gasteiger partial charge in [-0.25, -0.2) is 0 Å². The quantitative estimate of drug-likeness (QED) is 0.759. The Hall–Kier alpha value is -2.16. The predicted molar refractivity (Wildman–Crippen MR) is 118 cm³/mol. The van der Waals surface area contributed by atoms with Crippen LogP contribution in [0.3, 0.4) is 0 Å². The molecule has 1 saturated heterocycles. The van der Waals surface area contributed by atoms with Crippen LogP contribution < -0.4 is 16.1 Å². The molecule has 0 unspecified atom stereocenters. The standard InChI is InChI=1S/C22H31BN4O3/c1-14-15(23-29-21(2,3)22(4,5)30-23)9-7-10-16(14)25-20(28)18-13-19-17(24-6)11-8-12-27(19)26-18/h7,9-10,13,17,24H,8,11-12H2,1-6H3,(H,25,28)/t17-/m1/s1. The molecular formula is C22H31BN4O3. The molecule has 2 aliphatic rings. The van der Waals surface area contributed by atoms with Crippen LogP contribution >= 0.6 is 0 Å². The van der Waals surface area contributed by atoms with Crippen molar-refractivity contribution in [2.24, 2.45) is 0 Å². The summed E-state index contributed by atoms with van der Waals surface area (Å²) in [4.78, 5) is 12.9. The first-order chi connectivity index (χ1) is 14.1. The molecule has 0 spiro atoms. The van der Waals surface area contributed by atoms with Crippen LogP contribution in [-0.2, 0) is 15.9 Å². The van der Waals surface area contributed by atoms with Gasteiger partial charge in [0.15, 0.2) is 5.69 Å². The first kappa shape index (κ1) is 21.1. The van der Waals surface area contributed by atoms with Crippen LogP contribution in [0.25, 0.3) is 0 Å². The molecule has 160 valence electrons. The third-order valence-corrected chi connectivity index (χ3v) is 6.74. The number of nitrogens with one attached hydrogen (secondary N) is 2. The molecule has 0 saturated carbocycles. The Labute approximate surface area is 178 Å². The molecule has 2 aromatic rings. The van der Waals surface area contributed by atoms with E-state index in [2.05, 4.69) is 15.7 Å². The second-order valence-corrected chi connectivity index (χ2v) is 9.22. The van der Waals surface area contributed by atoms with Crippen LogP contribution in [-0.4, -0.2) is 41.1 Å². The van der Waals surface area contributed by atoms with E-state index in [1.165, 1.54) is 0 Å². The Balaban J connectivity index is 1.56. The molecule has 0 radical (unpaired) electrons. The molecule has 1 amide bonds. The minimum absolute atomic E-state index is 0.207. The summed E-state index contributed by atoms with van der Waals surface area (Å²) in [6.07, 6.45) is 2.11. The van der Waals surface area contributed by atoms with Crippen LogP contribution in [0.1, 0.15) is 68.3 Å². The van der Waals surface area contributed by atoms with Crippen LogP contribution in [0.4, 0.5) is 5.69 Å². The Bertz CT molecular complexity index is 953. The van der Waals surface area contributed by atoms with Crippen LogP contribution in [0.5, 0.6) is 0 Å². The van der Waals surface area contributed by atoms with Crippen molar-refractivity contribution in [2.45, 2.75) is 71.2 Å². The number of anilines is 1. The Morgan fingerprint density at radius 1 is 1.23 bits per heavy atom. The van der Waals surface area contributed by atoms with Gasteiger partial charge in [-0.3, -0.25) is 9.48 Å². The van der Waals surface area contributed by atoms with Crippen LogP contribution in [0, 0.1) is 6.92 Å². The summed E-state index contributed by atoms with van der Waals surface area (Å²) >= 11 is 0. The van der Waals surface area contributed by atoms with Gasteiger partial charge in [-0.05, 0) is 77.7 Å². The van der Waals surface area contributed by atoms with Gasteiger partial charge in [-0.1, -0.05) is 12.1 Å². The number of benzene rings is 1. The van der Waals surface area contributed by atoms with E-state index in [1.807, 2.05) is 70.6 Å². The lowest BCUT2D eigenvalue weighted by atomic mass is 9.76. The summed E-state index contributed by atoms with van der Waals surface area (Å²) in [6, 6.07) is 7.93. The molecule has 3 heterocycles. The van der Waals surface area contributed by atoms with Gasteiger partial charge < -0.3 is 19.9 Å². The molecule has 2 N–H and O–H groups in total. The van der Waals surface area contributed by atoms with E-state index in [4.69, 9.17) is 9.31 Å². The highest BCUT2D eigenvalue weighted by Gasteiger charge is 2.52. The summed E-state index contributed by atoms with van der Waals surface area (Å²) in [6.45, 7) is 11.0. The first-order valence-electron chi connectivity index (χ1n) is 10.6. The zero-order valence-electron chi connectivity index (χ0n) is 18.7. The second kappa shape index (κ2) is 7.52. The van der Waals surface area contributed by atoms with Gasteiger partial charge in [-0.15, -0.1) is 0 Å². The Morgan fingerprint density at radius 2 is 1.93 bits per heavy atom. The average Bonchev–Trinajstić information content (AvgIpc) is 3.21. The van der Waals surface area contributed by atoms with Crippen molar-refractivity contribution in [3.8, 4) is 0 Å². The van der Waals surface area contributed by atoms with Crippen molar-refractivity contribution in [3.63, 3.8) is 0 Å². The lowest BCUT2D eigenvalue weighted by Crippen LogP contribution is -2.41. The van der Waals surface area contributed by atoms with E-state index in [0.717, 1.165) is 41.8 Å². The fraction of sp³-hybridized carbons (Fsp3) is 0.545. The van der Waals surface area contributed by atoms with Gasteiger partial charge >= 0.3 is 7.12 Å². The molecule has 1 aromatic heterocycles. The Kier molecular flexibility index (Phi) is 5.28. The van der Waals surface area contributed by atoms with E-state index in [-0.39, 0.29) is 11.9 Å². The van der Waals surface area contributed by atoms with Gasteiger partial charge in [-0.2, -0.15) is 5.10 Å². The smallest absolute Gasteiger partial charge is 0.399 e. The number of aryl methyl sites for hydroxylation is 1. The fourth-order valence-corrected chi connectivity index (χ4v) is 4.09. The number of carbonyl (C=O) groups excluding carboxylic acids is 1. The van der Waals surface area contributed by atoms with Gasteiger partial charge in [0.2, 0.25) is 0 Å². The van der Waals surface area contributed by atoms with Crippen LogP contribution in [0.2, 0.25) is 0 Å². The highest BCUT2D eigenvalue weighted by Crippen LogP contribution is 2.37. The van der Waals surface area contributed by atoms with E-state index in [1.54, 1.807) is 0 Å². The SMILES string of the molecule is CN[C@@H]1CCCn2nc(C(=O)Nc3cccc(B4OC(C)(C)C(C)(C)O4)c3C)cc21. The lowest BCUT2D eigenvalue weighted by Gasteiger charge is -2.32. The summed E-state index contributed by atoms with van der Waals surface area (Å²) < 4.78 is 14.3. The summed E-state index contributed by atoms with van der Waals surface area (Å²) in [7, 11) is 1.47. The summed E-state index contributed by atoms with van der Waals surface area (Å²) in [5, 5.41) is 10.9. The molecule has 0 bridgehead atoms. The number of amides is 1. The minimum Gasteiger partial charge on any atom is -0.399 e. The van der Waals surface area contributed by atoms with Crippen LogP contribution in [0.15, 0.2) is 24.3 Å². The van der Waals surface area contributed by atoms with Gasteiger partial charge in [0.1, 0.15) is 0 Å². The number of rotatable bonds is 4.